The molecule has 7 nitrogen and oxygen atoms in total. The van der Waals surface area contributed by atoms with Crippen molar-refractivity contribution in [2.24, 2.45) is 0 Å². The molecule has 0 spiro atoms. The topological polar surface area (TPSA) is 93.7 Å². The van der Waals surface area contributed by atoms with E-state index in [9.17, 15) is 14.4 Å². The number of hydrogen-bond donors (Lipinski definition) is 2. The van der Waals surface area contributed by atoms with E-state index < -0.39 is 30.2 Å². The molecule has 2 N–H and O–H groups in total. The van der Waals surface area contributed by atoms with E-state index in [4.69, 9.17) is 11.6 Å². The maximum Gasteiger partial charge on any atom is 0.332 e. The molecular weight excluding hydrogens is 300 g/mol. The van der Waals surface area contributed by atoms with E-state index in [1.54, 1.807) is 24.3 Å². The molecule has 0 amide bonds. The Labute approximate surface area is 126 Å². The third kappa shape index (κ3) is 5.05. The molecular formula is C13H15ClN2O5. The van der Waals surface area contributed by atoms with Gasteiger partial charge >= 0.3 is 11.9 Å². The molecule has 21 heavy (non-hydrogen) atoms. The largest absolute Gasteiger partial charge is 0.469 e. The highest BCUT2D eigenvalue weighted by atomic mass is 35.5. The summed E-state index contributed by atoms with van der Waals surface area (Å²) < 4.78 is 8.91. The molecule has 0 aliphatic heterocycles. The smallest absolute Gasteiger partial charge is 0.332 e. The van der Waals surface area contributed by atoms with Gasteiger partial charge in [0.2, 0.25) is 0 Å². The standard InChI is InChI=1S/C13H15ClN2O5/c1-20-11(18)7-10(17)12(13(19)21-2)16-15-9-6-4-3-5-8(9)14/h3-6,12,15-16H,7H2,1-2H3. The molecule has 0 aliphatic carbocycles. The van der Waals surface area contributed by atoms with Gasteiger partial charge in [-0.15, -0.1) is 0 Å². The van der Waals surface area contributed by atoms with Crippen molar-refractivity contribution in [1.29, 1.82) is 0 Å². The third-order valence-corrected chi connectivity index (χ3v) is 2.86. The molecule has 0 heterocycles. The van der Waals surface area contributed by atoms with Crippen molar-refractivity contribution >= 4 is 35.0 Å². The van der Waals surface area contributed by atoms with Gasteiger partial charge in [0.05, 0.1) is 24.9 Å². The summed E-state index contributed by atoms with van der Waals surface area (Å²) in [6.07, 6.45) is -0.548. The molecule has 1 aromatic rings. The Hall–Kier alpha value is -2.12. The number of ketones is 1. The van der Waals surface area contributed by atoms with Crippen molar-refractivity contribution in [3.63, 3.8) is 0 Å². The highest BCUT2D eigenvalue weighted by molar-refractivity contribution is 6.33. The van der Waals surface area contributed by atoms with E-state index in [0.717, 1.165) is 14.2 Å². The predicted octanol–water partition coefficient (Wildman–Crippen LogP) is 0.930. The van der Waals surface area contributed by atoms with Crippen LogP contribution >= 0.6 is 11.6 Å². The lowest BCUT2D eigenvalue weighted by Gasteiger charge is -2.17. The number of para-hydroxylation sites is 1. The van der Waals surface area contributed by atoms with Crippen LogP contribution in [0.1, 0.15) is 6.42 Å². The van der Waals surface area contributed by atoms with Gasteiger partial charge in [-0.05, 0) is 12.1 Å². The number of nitrogens with one attached hydrogen (secondary N) is 2. The number of rotatable bonds is 7. The first-order chi connectivity index (χ1) is 9.99. The highest BCUT2D eigenvalue weighted by Crippen LogP contribution is 2.19. The Morgan fingerprint density at radius 1 is 1.19 bits per heavy atom. The number of hydrazine groups is 1. The van der Waals surface area contributed by atoms with Gasteiger partial charge in [-0.25, -0.2) is 10.2 Å². The minimum absolute atomic E-state index is 0.397. The average molecular weight is 315 g/mol. The van der Waals surface area contributed by atoms with Gasteiger partial charge in [-0.3, -0.25) is 9.59 Å². The summed E-state index contributed by atoms with van der Waals surface area (Å²) in [5, 5.41) is 0.397. The minimum atomic E-state index is -1.36. The number of benzene rings is 1. The van der Waals surface area contributed by atoms with E-state index in [-0.39, 0.29) is 0 Å². The number of ether oxygens (including phenoxy) is 2. The zero-order valence-electron chi connectivity index (χ0n) is 11.5. The highest BCUT2D eigenvalue weighted by Gasteiger charge is 2.29. The van der Waals surface area contributed by atoms with Crippen LogP contribution in [0.5, 0.6) is 0 Å². The van der Waals surface area contributed by atoms with Crippen LogP contribution in [0.4, 0.5) is 5.69 Å². The predicted molar refractivity (Wildman–Crippen MR) is 75.7 cm³/mol. The first-order valence-corrected chi connectivity index (χ1v) is 6.30. The number of esters is 2. The van der Waals surface area contributed by atoms with E-state index in [0.29, 0.717) is 10.7 Å². The van der Waals surface area contributed by atoms with Gasteiger partial charge in [-0.2, -0.15) is 0 Å². The molecule has 114 valence electrons. The SMILES string of the molecule is COC(=O)CC(=O)C(NNc1ccccc1Cl)C(=O)OC. The summed E-state index contributed by atoms with van der Waals surface area (Å²) in [6.45, 7) is 0. The molecule has 0 bridgehead atoms. The van der Waals surface area contributed by atoms with Gasteiger partial charge < -0.3 is 14.9 Å². The maximum absolute atomic E-state index is 11.9. The molecule has 1 rings (SSSR count). The number of methoxy groups -OCH3 is 2. The molecule has 0 aromatic heterocycles. The van der Waals surface area contributed by atoms with Crippen molar-refractivity contribution < 1.29 is 23.9 Å². The number of anilines is 1. The zero-order chi connectivity index (χ0) is 15.8. The minimum Gasteiger partial charge on any atom is -0.469 e. The van der Waals surface area contributed by atoms with Gasteiger partial charge in [0.25, 0.3) is 0 Å². The molecule has 0 fully saturated rings. The zero-order valence-corrected chi connectivity index (χ0v) is 12.3. The van der Waals surface area contributed by atoms with Gasteiger partial charge in [0, 0.05) is 0 Å². The molecule has 0 saturated carbocycles. The summed E-state index contributed by atoms with van der Waals surface area (Å²) in [6, 6.07) is 5.38. The number of Topliss-reactive ketones (excluding diaryl/α,β-unsaturated/α-hetero) is 1. The van der Waals surface area contributed by atoms with E-state index in [1.807, 2.05) is 0 Å². The molecule has 0 radical (unpaired) electrons. The lowest BCUT2D eigenvalue weighted by atomic mass is 10.1. The number of hydrogen-bond acceptors (Lipinski definition) is 7. The second-order valence-corrected chi connectivity index (χ2v) is 4.33. The molecule has 0 aliphatic rings. The summed E-state index contributed by atoms with van der Waals surface area (Å²) in [7, 11) is 2.29. The fourth-order valence-electron chi connectivity index (χ4n) is 1.42. The average Bonchev–Trinajstić information content (AvgIpc) is 2.48. The maximum atomic E-state index is 11.9. The fraction of sp³-hybridized carbons (Fsp3) is 0.308. The van der Waals surface area contributed by atoms with Crippen molar-refractivity contribution in [3.8, 4) is 0 Å². The lowest BCUT2D eigenvalue weighted by molar-refractivity contribution is -0.148. The second kappa shape index (κ2) is 8.23. The molecule has 0 saturated heterocycles. The Kier molecular flexibility index (Phi) is 6.64. The molecule has 8 heteroatoms. The quantitative estimate of drug-likeness (QED) is 0.439. The molecule has 1 unspecified atom stereocenters. The summed E-state index contributed by atoms with van der Waals surface area (Å²) in [5.41, 5.74) is 5.61. The van der Waals surface area contributed by atoms with Crippen molar-refractivity contribution in [2.45, 2.75) is 12.5 Å². The summed E-state index contributed by atoms with van der Waals surface area (Å²) in [5.74, 6) is -2.26. The first kappa shape index (κ1) is 16.9. The van der Waals surface area contributed by atoms with Crippen LogP contribution in [0.2, 0.25) is 5.02 Å². The Morgan fingerprint density at radius 3 is 2.43 bits per heavy atom. The fourth-order valence-corrected chi connectivity index (χ4v) is 1.60. The Balaban J connectivity index is 2.75. The van der Waals surface area contributed by atoms with Crippen molar-refractivity contribution in [1.82, 2.24) is 5.43 Å². The van der Waals surface area contributed by atoms with Crippen molar-refractivity contribution in [2.75, 3.05) is 19.6 Å². The second-order valence-electron chi connectivity index (χ2n) is 3.92. The van der Waals surface area contributed by atoms with E-state index in [1.165, 1.54) is 0 Å². The first-order valence-electron chi connectivity index (χ1n) is 5.93. The van der Waals surface area contributed by atoms with Crippen LogP contribution < -0.4 is 10.9 Å². The molecule has 1 aromatic carbocycles. The number of halogens is 1. The van der Waals surface area contributed by atoms with Crippen LogP contribution in [0.15, 0.2) is 24.3 Å². The van der Waals surface area contributed by atoms with Crippen molar-refractivity contribution in [3.05, 3.63) is 29.3 Å². The Bertz CT molecular complexity index is 535. The number of carbonyl (C=O) groups excluding carboxylic acids is 3. The number of carbonyl (C=O) groups is 3. The Morgan fingerprint density at radius 2 is 1.86 bits per heavy atom. The van der Waals surface area contributed by atoms with Crippen LogP contribution in [-0.2, 0) is 23.9 Å². The van der Waals surface area contributed by atoms with Crippen LogP contribution in [0, 0.1) is 0 Å². The summed E-state index contributed by atoms with van der Waals surface area (Å²) >= 11 is 5.93. The monoisotopic (exact) mass is 314 g/mol. The van der Waals surface area contributed by atoms with Gasteiger partial charge in [0.1, 0.15) is 6.42 Å². The van der Waals surface area contributed by atoms with Gasteiger partial charge in [0.15, 0.2) is 11.8 Å². The van der Waals surface area contributed by atoms with Gasteiger partial charge in [-0.1, -0.05) is 23.7 Å². The van der Waals surface area contributed by atoms with Crippen LogP contribution in [-0.4, -0.2) is 38.0 Å². The normalized spacial score (nSPS) is 11.4. The van der Waals surface area contributed by atoms with E-state index >= 15 is 0 Å². The van der Waals surface area contributed by atoms with Crippen LogP contribution in [0.25, 0.3) is 0 Å². The third-order valence-electron chi connectivity index (χ3n) is 2.53. The molecule has 1 atom stereocenters. The van der Waals surface area contributed by atoms with Crippen LogP contribution in [0.3, 0.4) is 0 Å². The lowest BCUT2D eigenvalue weighted by Crippen LogP contribution is -2.47. The van der Waals surface area contributed by atoms with E-state index in [2.05, 4.69) is 20.3 Å². The summed E-state index contributed by atoms with van der Waals surface area (Å²) in [4.78, 5) is 34.6.